The third-order valence-corrected chi connectivity index (χ3v) is 9.03. The number of phenolic OH excluding ortho intramolecular Hbond substituents is 1. The molecule has 0 amide bonds. The highest BCUT2D eigenvalue weighted by Gasteiger charge is 2.69. The highest BCUT2D eigenvalue weighted by molar-refractivity contribution is 6.33. The molecular weight excluding hydrogens is 480 g/mol. The summed E-state index contributed by atoms with van der Waals surface area (Å²) in [7, 11) is 0. The van der Waals surface area contributed by atoms with Crippen LogP contribution in [0.2, 0.25) is 0 Å². The molecule has 0 bridgehead atoms. The normalized spacial score (nSPS) is 28.7. The predicted molar refractivity (Wildman–Crippen MR) is 144 cm³/mol. The van der Waals surface area contributed by atoms with E-state index in [0.29, 0.717) is 18.4 Å². The Bertz CT molecular complexity index is 1480. The van der Waals surface area contributed by atoms with Crippen LogP contribution in [0.5, 0.6) is 5.75 Å². The Morgan fingerprint density at radius 1 is 0.921 bits per heavy atom. The first-order valence-electron chi connectivity index (χ1n) is 13.1. The molecule has 0 aliphatic heterocycles. The van der Waals surface area contributed by atoms with Crippen molar-refractivity contribution >= 4 is 23.1 Å². The number of carbonyl (C=O) groups excluding carboxylic acids is 3. The number of Topliss-reactive ketones (excluding diaryl/α,β-unsaturated/α-hetero) is 3. The van der Waals surface area contributed by atoms with Gasteiger partial charge in [-0.25, -0.2) is 0 Å². The van der Waals surface area contributed by atoms with E-state index in [9.17, 15) is 29.7 Å². The third kappa shape index (κ3) is 3.53. The minimum atomic E-state index is -2.47. The summed E-state index contributed by atoms with van der Waals surface area (Å²) in [6.07, 6.45) is 2.29. The largest absolute Gasteiger partial charge is 0.507 e. The van der Waals surface area contributed by atoms with Crippen molar-refractivity contribution in [3.63, 3.8) is 0 Å². The second-order valence-electron chi connectivity index (χ2n) is 12.0. The molecule has 3 aliphatic carbocycles. The van der Waals surface area contributed by atoms with Gasteiger partial charge in [-0.2, -0.15) is 0 Å². The van der Waals surface area contributed by atoms with E-state index >= 15 is 0 Å². The number of hydrogen-bond acceptors (Lipinski definition) is 6. The van der Waals surface area contributed by atoms with Gasteiger partial charge in [0.2, 0.25) is 11.6 Å². The topological polar surface area (TPSA) is 112 Å². The highest BCUT2D eigenvalue weighted by atomic mass is 16.3. The van der Waals surface area contributed by atoms with Gasteiger partial charge in [-0.15, -0.1) is 0 Å². The standard InChI is InChI=1S/C32H34O6/c1-17-6-8-20(9-7-17)10-11-21-12-13-23(34)25-22(21)15-30(4)16-31(5)14-18(2)24(19(3)33)28(36)32(31,38)29(37)26(30)27(25)35/h6-9,12-13,34-35,38H,10-11,14-16H2,1-5H3/t30-,31+,32+/m1/s1. The van der Waals surface area contributed by atoms with Gasteiger partial charge in [-0.1, -0.05) is 55.3 Å². The summed E-state index contributed by atoms with van der Waals surface area (Å²) < 4.78 is 0. The lowest BCUT2D eigenvalue weighted by molar-refractivity contribution is -0.171. The number of fused-ring (bicyclic) bond motifs is 3. The van der Waals surface area contributed by atoms with Gasteiger partial charge >= 0.3 is 0 Å². The van der Waals surface area contributed by atoms with Crippen LogP contribution in [0.1, 0.15) is 68.4 Å². The average Bonchev–Trinajstić information content (AvgIpc) is 2.81. The Balaban J connectivity index is 1.63. The molecular formula is C32H34O6. The molecule has 0 spiro atoms. The number of carbonyl (C=O) groups is 3. The Hall–Kier alpha value is -3.51. The molecule has 2 aromatic carbocycles. The summed E-state index contributed by atoms with van der Waals surface area (Å²) in [6, 6.07) is 11.7. The number of aliphatic hydroxyl groups excluding tert-OH is 1. The quantitative estimate of drug-likeness (QED) is 0.395. The molecule has 3 N–H and O–H groups in total. The summed E-state index contributed by atoms with van der Waals surface area (Å²) in [5.41, 5.74) is 0.169. The summed E-state index contributed by atoms with van der Waals surface area (Å²) in [4.78, 5) is 39.9. The molecule has 5 rings (SSSR count). The first-order chi connectivity index (χ1) is 17.7. The van der Waals surface area contributed by atoms with E-state index in [0.717, 1.165) is 17.5 Å². The molecule has 6 heteroatoms. The van der Waals surface area contributed by atoms with Gasteiger partial charge in [0.15, 0.2) is 11.4 Å². The van der Waals surface area contributed by atoms with E-state index in [4.69, 9.17) is 0 Å². The molecule has 0 heterocycles. The Labute approximate surface area is 222 Å². The molecule has 0 aromatic heterocycles. The minimum absolute atomic E-state index is 0.0493. The maximum atomic E-state index is 14.1. The summed E-state index contributed by atoms with van der Waals surface area (Å²) in [6.45, 7) is 8.59. The predicted octanol–water partition coefficient (Wildman–Crippen LogP) is 4.91. The lowest BCUT2D eigenvalue weighted by Gasteiger charge is -2.56. The van der Waals surface area contributed by atoms with Gasteiger partial charge in [-0.3, -0.25) is 14.4 Å². The van der Waals surface area contributed by atoms with Crippen molar-refractivity contribution in [3.05, 3.63) is 80.9 Å². The second-order valence-corrected chi connectivity index (χ2v) is 12.0. The summed E-state index contributed by atoms with van der Waals surface area (Å²) >= 11 is 0. The third-order valence-electron chi connectivity index (χ3n) is 9.03. The van der Waals surface area contributed by atoms with Crippen molar-refractivity contribution < 1.29 is 29.7 Å². The van der Waals surface area contributed by atoms with Gasteiger partial charge in [0, 0.05) is 16.4 Å². The molecule has 38 heavy (non-hydrogen) atoms. The number of rotatable bonds is 4. The van der Waals surface area contributed by atoms with Crippen LogP contribution in [0, 0.1) is 17.8 Å². The van der Waals surface area contributed by atoms with Crippen LogP contribution in [-0.4, -0.2) is 38.3 Å². The fraction of sp³-hybridized carbons (Fsp3) is 0.406. The molecule has 6 nitrogen and oxygen atoms in total. The van der Waals surface area contributed by atoms with E-state index < -0.39 is 39.5 Å². The van der Waals surface area contributed by atoms with Crippen molar-refractivity contribution in [3.8, 4) is 5.75 Å². The minimum Gasteiger partial charge on any atom is -0.507 e. The number of ketones is 3. The van der Waals surface area contributed by atoms with E-state index in [2.05, 4.69) is 24.3 Å². The Morgan fingerprint density at radius 3 is 2.21 bits per heavy atom. The lowest BCUT2D eigenvalue weighted by Crippen LogP contribution is -2.67. The van der Waals surface area contributed by atoms with Gasteiger partial charge in [0.1, 0.15) is 11.5 Å². The van der Waals surface area contributed by atoms with Crippen LogP contribution < -0.4 is 0 Å². The number of aliphatic hydroxyl groups is 2. The zero-order chi connectivity index (χ0) is 27.8. The monoisotopic (exact) mass is 514 g/mol. The number of phenols is 1. The zero-order valence-electron chi connectivity index (χ0n) is 22.6. The van der Waals surface area contributed by atoms with Gasteiger partial charge in [0.05, 0.1) is 11.1 Å². The van der Waals surface area contributed by atoms with Crippen LogP contribution in [-0.2, 0) is 33.6 Å². The van der Waals surface area contributed by atoms with Gasteiger partial charge < -0.3 is 15.3 Å². The molecule has 0 radical (unpaired) electrons. The number of aromatic hydroxyl groups is 1. The maximum absolute atomic E-state index is 14.1. The van der Waals surface area contributed by atoms with E-state index in [1.807, 2.05) is 19.9 Å². The van der Waals surface area contributed by atoms with Gasteiger partial charge in [-0.05, 0) is 75.6 Å². The number of hydrogen-bond donors (Lipinski definition) is 3. The fourth-order valence-corrected chi connectivity index (χ4v) is 7.36. The number of aryl methyl sites for hydroxylation is 3. The maximum Gasteiger partial charge on any atom is 0.206 e. The van der Waals surface area contributed by atoms with Crippen LogP contribution in [0.3, 0.4) is 0 Å². The molecule has 0 unspecified atom stereocenters. The lowest BCUT2D eigenvalue weighted by atomic mass is 9.46. The van der Waals surface area contributed by atoms with Crippen LogP contribution in [0.25, 0.3) is 5.76 Å². The highest BCUT2D eigenvalue weighted by Crippen LogP contribution is 2.62. The Morgan fingerprint density at radius 2 is 1.58 bits per heavy atom. The molecule has 3 aliphatic rings. The smallest absolute Gasteiger partial charge is 0.206 e. The molecule has 1 saturated carbocycles. The molecule has 0 saturated heterocycles. The number of allylic oxidation sites excluding steroid dienone is 1. The fourth-order valence-electron chi connectivity index (χ4n) is 7.36. The average molecular weight is 515 g/mol. The molecule has 2 aromatic rings. The van der Waals surface area contributed by atoms with Crippen LogP contribution in [0.15, 0.2) is 53.1 Å². The molecule has 3 atom stereocenters. The molecule has 198 valence electrons. The first kappa shape index (κ1) is 26.1. The van der Waals surface area contributed by atoms with Crippen molar-refractivity contribution in [2.75, 3.05) is 0 Å². The van der Waals surface area contributed by atoms with Crippen molar-refractivity contribution in [2.45, 2.75) is 72.3 Å². The van der Waals surface area contributed by atoms with Crippen molar-refractivity contribution in [1.82, 2.24) is 0 Å². The van der Waals surface area contributed by atoms with E-state index in [-0.39, 0.29) is 35.3 Å². The first-order valence-corrected chi connectivity index (χ1v) is 13.1. The van der Waals surface area contributed by atoms with E-state index in [1.165, 1.54) is 24.1 Å². The summed E-state index contributed by atoms with van der Waals surface area (Å²) in [5.74, 6) is -2.82. The van der Waals surface area contributed by atoms with Crippen LogP contribution >= 0.6 is 0 Å². The summed E-state index contributed by atoms with van der Waals surface area (Å²) in [5, 5.41) is 34.1. The second kappa shape index (κ2) is 8.50. The van der Waals surface area contributed by atoms with Crippen molar-refractivity contribution in [2.24, 2.45) is 10.8 Å². The molecule has 1 fully saturated rings. The van der Waals surface area contributed by atoms with E-state index in [1.54, 1.807) is 13.8 Å². The van der Waals surface area contributed by atoms with Crippen molar-refractivity contribution in [1.29, 1.82) is 0 Å². The number of benzene rings is 2. The SMILES string of the molecule is CC(=O)C1=C(C)C[C@@]2(C)C[C@@]3(C)Cc4c(CCc5ccc(C)cc5)ccc(O)c4C(O)=C3C(=O)[C@@]2(O)C1=O. The zero-order valence-corrected chi connectivity index (χ0v) is 22.6. The Kier molecular flexibility index (Phi) is 5.84. The van der Waals surface area contributed by atoms with Crippen LogP contribution in [0.4, 0.5) is 0 Å². The van der Waals surface area contributed by atoms with Gasteiger partial charge in [0.25, 0.3) is 0 Å².